The van der Waals surface area contributed by atoms with Gasteiger partial charge in [-0.25, -0.2) is 13.1 Å². The third-order valence-corrected chi connectivity index (χ3v) is 5.72. The Morgan fingerprint density at radius 3 is 2.43 bits per heavy atom. The van der Waals surface area contributed by atoms with Crippen molar-refractivity contribution in [2.75, 3.05) is 19.6 Å². The second-order valence-electron chi connectivity index (χ2n) is 6.36. The van der Waals surface area contributed by atoms with E-state index in [0.717, 1.165) is 25.9 Å². The highest BCUT2D eigenvalue weighted by molar-refractivity contribution is 7.89. The third-order valence-electron chi connectivity index (χ3n) is 4.32. The summed E-state index contributed by atoms with van der Waals surface area (Å²) in [5.74, 6) is 0. The van der Waals surface area contributed by atoms with Gasteiger partial charge in [0, 0.05) is 6.54 Å². The number of piperidine rings is 1. The van der Waals surface area contributed by atoms with Crippen LogP contribution in [-0.2, 0) is 16.2 Å². The summed E-state index contributed by atoms with van der Waals surface area (Å²) < 4.78 is 65.9. The van der Waals surface area contributed by atoms with Crippen LogP contribution in [0.3, 0.4) is 0 Å². The van der Waals surface area contributed by atoms with Gasteiger partial charge >= 0.3 is 6.18 Å². The van der Waals surface area contributed by atoms with Crippen LogP contribution in [0, 0.1) is 12.3 Å². The molecule has 2 rings (SSSR count). The lowest BCUT2D eigenvalue weighted by molar-refractivity contribution is -0.138. The molecule has 0 spiro atoms. The summed E-state index contributed by atoms with van der Waals surface area (Å²) in [4.78, 5) is -0.354. The van der Waals surface area contributed by atoms with Gasteiger partial charge < -0.3 is 5.32 Å². The fourth-order valence-corrected chi connectivity index (χ4v) is 3.86. The average molecular weight is 350 g/mol. The van der Waals surface area contributed by atoms with E-state index in [2.05, 4.69) is 10.0 Å². The van der Waals surface area contributed by atoms with Crippen molar-refractivity contribution >= 4 is 10.0 Å². The minimum Gasteiger partial charge on any atom is -0.317 e. The van der Waals surface area contributed by atoms with Crippen molar-refractivity contribution in [3.05, 3.63) is 29.3 Å². The quantitative estimate of drug-likeness (QED) is 0.878. The lowest BCUT2D eigenvalue weighted by Gasteiger charge is -2.34. The van der Waals surface area contributed by atoms with Crippen LogP contribution >= 0.6 is 0 Å². The molecule has 1 aromatic carbocycles. The number of sulfonamides is 1. The van der Waals surface area contributed by atoms with Gasteiger partial charge in [0.15, 0.2) is 0 Å². The van der Waals surface area contributed by atoms with Crippen molar-refractivity contribution < 1.29 is 21.6 Å². The Hall–Kier alpha value is -1.12. The Balaban J connectivity index is 2.19. The summed E-state index contributed by atoms with van der Waals surface area (Å²) in [5.41, 5.74) is -1.11. The van der Waals surface area contributed by atoms with E-state index in [4.69, 9.17) is 0 Å². The Morgan fingerprint density at radius 1 is 1.26 bits per heavy atom. The summed E-state index contributed by atoms with van der Waals surface area (Å²) >= 11 is 0. The SMILES string of the molecule is Cc1ccc(S(=O)(=O)NCC2(C)CCNCC2)cc1C(F)(F)F. The second-order valence-corrected chi connectivity index (χ2v) is 8.13. The van der Waals surface area contributed by atoms with Gasteiger partial charge in [0.2, 0.25) is 10.0 Å². The van der Waals surface area contributed by atoms with Crippen LogP contribution in [0.1, 0.15) is 30.9 Å². The molecule has 8 heteroatoms. The van der Waals surface area contributed by atoms with Crippen molar-refractivity contribution in [2.24, 2.45) is 5.41 Å². The molecule has 0 aliphatic carbocycles. The van der Waals surface area contributed by atoms with Crippen LogP contribution in [0.4, 0.5) is 13.2 Å². The molecule has 1 aromatic rings. The molecule has 0 unspecified atom stereocenters. The molecule has 4 nitrogen and oxygen atoms in total. The lowest BCUT2D eigenvalue weighted by Crippen LogP contribution is -2.42. The van der Waals surface area contributed by atoms with E-state index in [1.807, 2.05) is 6.92 Å². The predicted molar refractivity (Wildman–Crippen MR) is 81.6 cm³/mol. The third kappa shape index (κ3) is 4.45. The van der Waals surface area contributed by atoms with Gasteiger partial charge in [-0.05, 0) is 56.0 Å². The van der Waals surface area contributed by atoms with E-state index in [1.165, 1.54) is 19.1 Å². The first-order valence-corrected chi connectivity index (χ1v) is 8.90. The largest absolute Gasteiger partial charge is 0.416 e. The van der Waals surface area contributed by atoms with E-state index >= 15 is 0 Å². The standard InChI is InChI=1S/C15H21F3N2O2S/c1-11-3-4-12(9-13(11)15(16,17)18)23(21,22)20-10-14(2)5-7-19-8-6-14/h3-4,9,19-20H,5-8,10H2,1-2H3. The zero-order valence-electron chi connectivity index (χ0n) is 13.1. The number of nitrogens with one attached hydrogen (secondary N) is 2. The molecular weight excluding hydrogens is 329 g/mol. The maximum Gasteiger partial charge on any atom is 0.416 e. The summed E-state index contributed by atoms with van der Waals surface area (Å²) in [6, 6.07) is 3.09. The average Bonchev–Trinajstić information content (AvgIpc) is 2.45. The van der Waals surface area contributed by atoms with E-state index in [1.54, 1.807) is 0 Å². The number of halogens is 3. The zero-order chi connectivity index (χ0) is 17.3. The molecule has 0 amide bonds. The summed E-state index contributed by atoms with van der Waals surface area (Å²) in [6.45, 7) is 5.11. The van der Waals surface area contributed by atoms with E-state index in [0.29, 0.717) is 6.07 Å². The van der Waals surface area contributed by atoms with Gasteiger partial charge in [-0.3, -0.25) is 0 Å². The molecule has 0 radical (unpaired) electrons. The number of benzene rings is 1. The molecule has 0 atom stereocenters. The van der Waals surface area contributed by atoms with Crippen molar-refractivity contribution in [1.29, 1.82) is 0 Å². The maximum atomic E-state index is 12.9. The van der Waals surface area contributed by atoms with Crippen LogP contribution in [0.2, 0.25) is 0 Å². The first-order chi connectivity index (χ1) is 10.5. The predicted octanol–water partition coefficient (Wildman–Crippen LogP) is 2.68. The molecule has 0 saturated carbocycles. The molecule has 1 aliphatic heterocycles. The molecule has 0 bridgehead atoms. The van der Waals surface area contributed by atoms with E-state index in [9.17, 15) is 21.6 Å². The molecule has 0 aromatic heterocycles. The molecule has 2 N–H and O–H groups in total. The minimum absolute atomic E-state index is 0.00164. The van der Waals surface area contributed by atoms with Gasteiger partial charge in [0.25, 0.3) is 0 Å². The fraction of sp³-hybridized carbons (Fsp3) is 0.600. The van der Waals surface area contributed by atoms with Crippen LogP contribution in [0.15, 0.2) is 23.1 Å². The minimum atomic E-state index is -4.57. The molecule has 130 valence electrons. The maximum absolute atomic E-state index is 12.9. The smallest absolute Gasteiger partial charge is 0.317 e. The molecular formula is C15H21F3N2O2S. The summed E-state index contributed by atoms with van der Waals surface area (Å²) in [7, 11) is -3.97. The van der Waals surface area contributed by atoms with Crippen molar-refractivity contribution in [1.82, 2.24) is 10.0 Å². The fourth-order valence-electron chi connectivity index (χ4n) is 2.63. The van der Waals surface area contributed by atoms with E-state index in [-0.39, 0.29) is 22.4 Å². The van der Waals surface area contributed by atoms with Crippen LogP contribution in [0.5, 0.6) is 0 Å². The first-order valence-electron chi connectivity index (χ1n) is 7.42. The number of hydrogen-bond donors (Lipinski definition) is 2. The van der Waals surface area contributed by atoms with Gasteiger partial charge in [-0.1, -0.05) is 13.0 Å². The molecule has 23 heavy (non-hydrogen) atoms. The highest BCUT2D eigenvalue weighted by atomic mass is 32.2. The summed E-state index contributed by atoms with van der Waals surface area (Å²) in [6.07, 6.45) is -2.94. The molecule has 1 aliphatic rings. The van der Waals surface area contributed by atoms with Crippen molar-refractivity contribution in [3.63, 3.8) is 0 Å². The number of alkyl halides is 3. The monoisotopic (exact) mass is 350 g/mol. The summed E-state index contributed by atoms with van der Waals surface area (Å²) in [5, 5.41) is 3.20. The van der Waals surface area contributed by atoms with E-state index < -0.39 is 21.8 Å². The highest BCUT2D eigenvalue weighted by Gasteiger charge is 2.34. The van der Waals surface area contributed by atoms with Crippen LogP contribution in [-0.4, -0.2) is 28.1 Å². The van der Waals surface area contributed by atoms with Gasteiger partial charge in [-0.15, -0.1) is 0 Å². The number of hydrogen-bond acceptors (Lipinski definition) is 3. The number of rotatable bonds is 4. The Bertz CT molecular complexity index is 666. The van der Waals surface area contributed by atoms with Crippen molar-refractivity contribution in [2.45, 2.75) is 37.8 Å². The van der Waals surface area contributed by atoms with Gasteiger partial charge in [-0.2, -0.15) is 13.2 Å². The zero-order valence-corrected chi connectivity index (χ0v) is 13.9. The first kappa shape index (κ1) is 18.2. The van der Waals surface area contributed by atoms with Crippen molar-refractivity contribution in [3.8, 4) is 0 Å². The second kappa shape index (κ2) is 6.41. The number of aryl methyl sites for hydroxylation is 1. The Kier molecular flexibility index (Phi) is 5.08. The molecule has 1 saturated heterocycles. The Labute approximate surface area is 134 Å². The molecule has 1 fully saturated rings. The van der Waals surface area contributed by atoms with Gasteiger partial charge in [0.1, 0.15) is 0 Å². The lowest BCUT2D eigenvalue weighted by atomic mass is 9.81. The van der Waals surface area contributed by atoms with Crippen LogP contribution < -0.4 is 10.0 Å². The molecule has 1 heterocycles. The van der Waals surface area contributed by atoms with Crippen LogP contribution in [0.25, 0.3) is 0 Å². The Morgan fingerprint density at radius 2 is 1.87 bits per heavy atom. The highest BCUT2D eigenvalue weighted by Crippen LogP contribution is 2.33. The normalized spacial score (nSPS) is 18.8. The van der Waals surface area contributed by atoms with Gasteiger partial charge in [0.05, 0.1) is 10.5 Å². The topological polar surface area (TPSA) is 58.2 Å².